The van der Waals surface area contributed by atoms with E-state index in [1.54, 1.807) is 29.1 Å². The van der Waals surface area contributed by atoms with E-state index in [0.29, 0.717) is 41.8 Å². The van der Waals surface area contributed by atoms with Crippen molar-refractivity contribution in [2.24, 2.45) is 0 Å². The number of carbonyl (C=O) groups is 1. The van der Waals surface area contributed by atoms with Crippen LogP contribution in [0.3, 0.4) is 0 Å². The molecule has 4 aromatic rings. The topological polar surface area (TPSA) is 70.3 Å². The van der Waals surface area contributed by atoms with Gasteiger partial charge in [-0.15, -0.1) is 0 Å². The second-order valence-corrected chi connectivity index (χ2v) is 6.53. The molecule has 0 fully saturated rings. The van der Waals surface area contributed by atoms with Gasteiger partial charge in [0.2, 0.25) is 0 Å². The monoisotopic (exact) mass is 386 g/mol. The highest BCUT2D eigenvalue weighted by atomic mass is 16.6. The van der Waals surface area contributed by atoms with Crippen LogP contribution >= 0.6 is 0 Å². The van der Waals surface area contributed by atoms with Gasteiger partial charge in [0.1, 0.15) is 18.8 Å². The fourth-order valence-corrected chi connectivity index (χ4v) is 3.30. The first-order chi connectivity index (χ1) is 14.3. The minimum atomic E-state index is -0.257. The Kier molecular flexibility index (Phi) is 4.25. The third-order valence-electron chi connectivity index (χ3n) is 4.64. The molecule has 0 bridgehead atoms. The molecule has 1 amide bonds. The average Bonchev–Trinajstić information content (AvgIpc) is 3.44. The van der Waals surface area contributed by atoms with Gasteiger partial charge in [-0.25, -0.2) is 4.68 Å². The summed E-state index contributed by atoms with van der Waals surface area (Å²) >= 11 is 0. The van der Waals surface area contributed by atoms with Gasteiger partial charge >= 0.3 is 0 Å². The molecule has 1 aliphatic rings. The van der Waals surface area contributed by atoms with E-state index < -0.39 is 0 Å². The Morgan fingerprint density at radius 3 is 2.48 bits per heavy atom. The Morgan fingerprint density at radius 2 is 1.69 bits per heavy atom. The minimum Gasteiger partial charge on any atom is -0.486 e. The summed E-state index contributed by atoms with van der Waals surface area (Å²) in [6.07, 6.45) is 5.35. The third kappa shape index (κ3) is 3.23. The Balaban J connectivity index is 1.51. The van der Waals surface area contributed by atoms with E-state index in [2.05, 4.69) is 10.4 Å². The predicted octanol–water partition coefficient (Wildman–Crippen LogP) is 3.69. The number of para-hydroxylation sites is 1. The molecule has 2 aromatic carbocycles. The van der Waals surface area contributed by atoms with Crippen molar-refractivity contribution in [3.05, 3.63) is 84.8 Å². The van der Waals surface area contributed by atoms with E-state index in [4.69, 9.17) is 9.47 Å². The number of aromatic nitrogens is 3. The lowest BCUT2D eigenvalue weighted by Crippen LogP contribution is -2.17. The van der Waals surface area contributed by atoms with Crippen LogP contribution in [0.5, 0.6) is 11.5 Å². The first kappa shape index (κ1) is 17.1. The summed E-state index contributed by atoms with van der Waals surface area (Å²) in [6, 6.07) is 18.9. The summed E-state index contributed by atoms with van der Waals surface area (Å²) in [4.78, 5) is 13.1. The molecule has 0 saturated heterocycles. The van der Waals surface area contributed by atoms with Crippen molar-refractivity contribution in [2.75, 3.05) is 18.5 Å². The molecule has 0 saturated carbocycles. The minimum absolute atomic E-state index is 0.257. The molecule has 0 radical (unpaired) electrons. The standard InChI is InChI=1S/C22H18N4O3/c27-21(24-16-8-9-19-20(14-16)29-13-12-28-19)18-15-23-26(17-6-2-1-3-7-17)22(18)25-10-4-5-11-25/h1-11,14-15H,12-13H2,(H,24,27). The summed E-state index contributed by atoms with van der Waals surface area (Å²) in [7, 11) is 0. The van der Waals surface area contributed by atoms with Crippen LogP contribution in [-0.4, -0.2) is 33.5 Å². The summed E-state index contributed by atoms with van der Waals surface area (Å²) in [5, 5.41) is 7.40. The zero-order valence-electron chi connectivity index (χ0n) is 15.5. The molecule has 144 valence electrons. The molecule has 0 unspecified atom stereocenters. The number of hydrogen-bond acceptors (Lipinski definition) is 4. The number of ether oxygens (including phenoxy) is 2. The Morgan fingerprint density at radius 1 is 0.931 bits per heavy atom. The normalized spacial score (nSPS) is 12.6. The summed E-state index contributed by atoms with van der Waals surface area (Å²) in [5.74, 6) is 1.71. The van der Waals surface area contributed by atoms with Gasteiger partial charge in [-0.3, -0.25) is 4.79 Å². The van der Waals surface area contributed by atoms with Gasteiger partial charge in [0.15, 0.2) is 17.3 Å². The van der Waals surface area contributed by atoms with E-state index in [1.807, 2.05) is 59.4 Å². The molecular formula is C22H18N4O3. The number of carbonyl (C=O) groups excluding carboxylic acids is 1. The molecular weight excluding hydrogens is 368 g/mol. The second kappa shape index (κ2) is 7.20. The number of benzene rings is 2. The number of fused-ring (bicyclic) bond motifs is 1. The second-order valence-electron chi connectivity index (χ2n) is 6.53. The maximum Gasteiger partial charge on any atom is 0.261 e. The molecule has 2 aromatic heterocycles. The van der Waals surface area contributed by atoms with Crippen LogP contribution in [0.1, 0.15) is 10.4 Å². The first-order valence-electron chi connectivity index (χ1n) is 9.27. The van der Waals surface area contributed by atoms with Crippen molar-refractivity contribution in [3.63, 3.8) is 0 Å². The Bertz CT molecular complexity index is 1150. The quantitative estimate of drug-likeness (QED) is 0.581. The molecule has 1 aliphatic heterocycles. The molecule has 0 atom stereocenters. The number of amides is 1. The van der Waals surface area contributed by atoms with Gasteiger partial charge in [0, 0.05) is 24.1 Å². The van der Waals surface area contributed by atoms with Crippen molar-refractivity contribution in [2.45, 2.75) is 0 Å². The van der Waals surface area contributed by atoms with Crippen molar-refractivity contribution in [1.29, 1.82) is 0 Å². The lowest BCUT2D eigenvalue weighted by molar-refractivity contribution is 0.102. The summed E-state index contributed by atoms with van der Waals surface area (Å²) in [6.45, 7) is 1.02. The molecule has 29 heavy (non-hydrogen) atoms. The number of rotatable bonds is 4. The molecule has 0 aliphatic carbocycles. The highest BCUT2D eigenvalue weighted by molar-refractivity contribution is 6.06. The number of nitrogens with zero attached hydrogens (tertiary/aromatic N) is 3. The van der Waals surface area contributed by atoms with Crippen molar-refractivity contribution in [3.8, 4) is 23.0 Å². The van der Waals surface area contributed by atoms with E-state index >= 15 is 0 Å². The zero-order valence-corrected chi connectivity index (χ0v) is 15.5. The van der Waals surface area contributed by atoms with Crippen LogP contribution in [0, 0.1) is 0 Å². The van der Waals surface area contributed by atoms with E-state index in [0.717, 1.165) is 5.69 Å². The van der Waals surface area contributed by atoms with Crippen molar-refractivity contribution < 1.29 is 14.3 Å². The van der Waals surface area contributed by atoms with Crippen LogP contribution < -0.4 is 14.8 Å². The van der Waals surface area contributed by atoms with Gasteiger partial charge in [-0.1, -0.05) is 18.2 Å². The van der Waals surface area contributed by atoms with Crippen LogP contribution in [0.25, 0.3) is 11.5 Å². The third-order valence-corrected chi connectivity index (χ3v) is 4.64. The lowest BCUT2D eigenvalue weighted by Gasteiger charge is -2.19. The maximum absolute atomic E-state index is 13.1. The Labute approximate surface area is 167 Å². The highest BCUT2D eigenvalue weighted by Crippen LogP contribution is 2.33. The summed E-state index contributed by atoms with van der Waals surface area (Å²) < 4.78 is 14.8. The Hall–Kier alpha value is -4.00. The number of nitrogens with one attached hydrogen (secondary N) is 1. The van der Waals surface area contributed by atoms with Crippen LogP contribution in [0.4, 0.5) is 5.69 Å². The van der Waals surface area contributed by atoms with E-state index in [9.17, 15) is 4.79 Å². The van der Waals surface area contributed by atoms with Crippen LogP contribution in [0.2, 0.25) is 0 Å². The van der Waals surface area contributed by atoms with Gasteiger partial charge in [0.25, 0.3) is 5.91 Å². The van der Waals surface area contributed by atoms with Gasteiger partial charge < -0.3 is 19.4 Å². The van der Waals surface area contributed by atoms with Crippen molar-refractivity contribution in [1.82, 2.24) is 14.3 Å². The fraction of sp³-hybridized carbons (Fsp3) is 0.0909. The molecule has 7 heteroatoms. The fourth-order valence-electron chi connectivity index (χ4n) is 3.30. The van der Waals surface area contributed by atoms with Gasteiger partial charge in [-0.2, -0.15) is 5.10 Å². The van der Waals surface area contributed by atoms with Gasteiger partial charge in [-0.05, 0) is 36.4 Å². The molecule has 5 rings (SSSR count). The smallest absolute Gasteiger partial charge is 0.261 e. The van der Waals surface area contributed by atoms with Crippen molar-refractivity contribution >= 4 is 11.6 Å². The SMILES string of the molecule is O=C(Nc1ccc2c(c1)OCCO2)c1cnn(-c2ccccc2)c1-n1cccc1. The highest BCUT2D eigenvalue weighted by Gasteiger charge is 2.21. The average molecular weight is 386 g/mol. The number of anilines is 1. The van der Waals surface area contributed by atoms with E-state index in [-0.39, 0.29) is 5.91 Å². The number of hydrogen-bond donors (Lipinski definition) is 1. The summed E-state index contributed by atoms with van der Waals surface area (Å²) in [5.41, 5.74) is 1.96. The van der Waals surface area contributed by atoms with Gasteiger partial charge in [0.05, 0.1) is 11.9 Å². The molecule has 1 N–H and O–H groups in total. The maximum atomic E-state index is 13.1. The van der Waals surface area contributed by atoms with Crippen LogP contribution in [-0.2, 0) is 0 Å². The molecule has 3 heterocycles. The first-order valence-corrected chi connectivity index (χ1v) is 9.27. The van der Waals surface area contributed by atoms with Crippen LogP contribution in [0.15, 0.2) is 79.3 Å². The predicted molar refractivity (Wildman–Crippen MR) is 108 cm³/mol. The molecule has 0 spiro atoms. The zero-order chi connectivity index (χ0) is 19.6. The molecule has 7 nitrogen and oxygen atoms in total. The largest absolute Gasteiger partial charge is 0.486 e. The van der Waals surface area contributed by atoms with E-state index in [1.165, 1.54) is 0 Å². The lowest BCUT2D eigenvalue weighted by atomic mass is 10.2.